The van der Waals surface area contributed by atoms with Crippen LogP contribution in [0.25, 0.3) is 10.9 Å². The van der Waals surface area contributed by atoms with Crippen LogP contribution in [-0.4, -0.2) is 26.5 Å². The van der Waals surface area contributed by atoms with Gasteiger partial charge in [0.25, 0.3) is 10.0 Å². The van der Waals surface area contributed by atoms with Crippen molar-refractivity contribution in [3.8, 4) is 0 Å². The van der Waals surface area contributed by atoms with Crippen LogP contribution in [0, 0.1) is 0 Å². The number of rotatable bonds is 6. The molecule has 0 aliphatic rings. The van der Waals surface area contributed by atoms with E-state index in [1.165, 1.54) is 17.0 Å². The molecule has 6 nitrogen and oxygen atoms in total. The predicted octanol–water partition coefficient (Wildman–Crippen LogP) is 4.92. The number of sulfonamides is 1. The van der Waals surface area contributed by atoms with Crippen LogP contribution in [0.4, 0.5) is 5.69 Å². The normalized spacial score (nSPS) is 11.3. The number of benzene rings is 3. The highest BCUT2D eigenvalue weighted by Crippen LogP contribution is 2.36. The number of pyridine rings is 1. The summed E-state index contributed by atoms with van der Waals surface area (Å²) in [5.41, 5.74) is 1.37. The largest absolute Gasteiger partial charge is 0.465 e. The van der Waals surface area contributed by atoms with E-state index in [0.29, 0.717) is 22.2 Å². The molecule has 0 aliphatic carbocycles. The maximum Gasteiger partial charge on any atom is 0.339 e. The van der Waals surface area contributed by atoms with Crippen molar-refractivity contribution in [1.82, 2.24) is 4.98 Å². The number of carbonyl (C=O) groups is 1. The zero-order chi connectivity index (χ0) is 21.8. The Labute approximate surface area is 184 Å². The summed E-state index contributed by atoms with van der Waals surface area (Å²) < 4.78 is 33.1. The Hall–Kier alpha value is -3.36. The number of fused-ring (bicyclic) bond motifs is 1. The molecule has 1 aromatic heterocycles. The van der Waals surface area contributed by atoms with Crippen molar-refractivity contribution in [3.05, 3.63) is 96.7 Å². The molecule has 0 radical (unpaired) electrons. The van der Waals surface area contributed by atoms with Gasteiger partial charge in [-0.3, -0.25) is 4.98 Å². The van der Waals surface area contributed by atoms with Gasteiger partial charge in [-0.25, -0.2) is 16.9 Å². The number of hydrogen-bond donors (Lipinski definition) is 0. The molecule has 0 atom stereocenters. The molecule has 4 aromatic rings. The van der Waals surface area contributed by atoms with Gasteiger partial charge in [0.1, 0.15) is 0 Å². The minimum Gasteiger partial charge on any atom is -0.465 e. The molecule has 0 aliphatic heterocycles. The third-order valence-electron chi connectivity index (χ3n) is 4.49. The molecule has 0 N–H and O–H groups in total. The molecule has 3 aromatic carbocycles. The zero-order valence-electron chi connectivity index (χ0n) is 16.5. The van der Waals surface area contributed by atoms with Crippen LogP contribution in [0.2, 0.25) is 0 Å². The first-order valence-corrected chi connectivity index (χ1v) is 11.5. The lowest BCUT2D eigenvalue weighted by Crippen LogP contribution is -2.24. The van der Waals surface area contributed by atoms with Crippen LogP contribution in [0.5, 0.6) is 0 Å². The molecule has 4 rings (SSSR count). The summed E-state index contributed by atoms with van der Waals surface area (Å²) in [4.78, 5) is 17.1. The number of aromatic nitrogens is 1. The summed E-state index contributed by atoms with van der Waals surface area (Å²) in [6.07, 6.45) is 1.44. The number of carbonyl (C=O) groups excluding carboxylic acids is 1. The van der Waals surface area contributed by atoms with E-state index >= 15 is 0 Å². The van der Waals surface area contributed by atoms with E-state index in [4.69, 9.17) is 4.74 Å². The minimum absolute atomic E-state index is 0.181. The summed E-state index contributed by atoms with van der Waals surface area (Å²) in [5.74, 6) is -0.507. The third kappa shape index (κ3) is 4.40. The molecule has 0 saturated heterocycles. The van der Waals surface area contributed by atoms with Crippen molar-refractivity contribution in [2.45, 2.75) is 9.79 Å². The first-order chi connectivity index (χ1) is 15.0. The van der Waals surface area contributed by atoms with Gasteiger partial charge < -0.3 is 4.74 Å². The van der Waals surface area contributed by atoms with Crippen LogP contribution in [0.1, 0.15) is 10.4 Å². The molecule has 0 unspecified atom stereocenters. The summed E-state index contributed by atoms with van der Waals surface area (Å²) in [5, 5.41) is 0.627. The lowest BCUT2D eigenvalue weighted by atomic mass is 10.1. The zero-order valence-corrected chi connectivity index (χ0v) is 18.1. The Bertz CT molecular complexity index is 1330. The molecule has 31 heavy (non-hydrogen) atoms. The van der Waals surface area contributed by atoms with Crippen molar-refractivity contribution in [2.75, 3.05) is 10.8 Å². The molecule has 0 amide bonds. The first-order valence-electron chi connectivity index (χ1n) is 9.30. The topological polar surface area (TPSA) is 76.6 Å². The van der Waals surface area contributed by atoms with Gasteiger partial charge in [0.2, 0.25) is 0 Å². The average Bonchev–Trinajstić information content (AvgIpc) is 2.82. The minimum atomic E-state index is -3.87. The smallest absolute Gasteiger partial charge is 0.339 e. The molecule has 0 bridgehead atoms. The Balaban J connectivity index is 1.84. The number of nitrogens with zero attached hydrogens (tertiary/aromatic N) is 2. The number of hydrogen-bond acceptors (Lipinski definition) is 6. The highest BCUT2D eigenvalue weighted by molar-refractivity contribution is 8.14. The summed E-state index contributed by atoms with van der Waals surface area (Å²) in [6.45, 7) is 0. The van der Waals surface area contributed by atoms with Crippen molar-refractivity contribution in [1.29, 1.82) is 0 Å². The third-order valence-corrected chi connectivity index (χ3v) is 7.67. The Morgan fingerprint density at radius 1 is 0.935 bits per heavy atom. The Kier molecular flexibility index (Phi) is 5.92. The van der Waals surface area contributed by atoms with Gasteiger partial charge in [-0.2, -0.15) is 0 Å². The number of anilines is 1. The van der Waals surface area contributed by atoms with Crippen LogP contribution >= 0.6 is 11.9 Å². The monoisotopic (exact) mass is 450 g/mol. The fraction of sp³-hybridized carbons (Fsp3) is 0.0435. The van der Waals surface area contributed by atoms with E-state index < -0.39 is 16.0 Å². The molecule has 156 valence electrons. The first kappa shape index (κ1) is 20.9. The molecular weight excluding hydrogens is 432 g/mol. The van der Waals surface area contributed by atoms with Gasteiger partial charge in [-0.05, 0) is 48.5 Å². The average molecular weight is 451 g/mol. The second-order valence-corrected chi connectivity index (χ2v) is 9.58. The number of esters is 1. The molecule has 8 heteroatoms. The maximum absolute atomic E-state index is 13.5. The summed E-state index contributed by atoms with van der Waals surface area (Å²) in [6, 6.07) is 24.3. The van der Waals surface area contributed by atoms with Crippen molar-refractivity contribution >= 4 is 44.5 Å². The predicted molar refractivity (Wildman–Crippen MR) is 121 cm³/mol. The highest BCUT2D eigenvalue weighted by Gasteiger charge is 2.26. The molecule has 1 heterocycles. The van der Waals surface area contributed by atoms with Crippen LogP contribution in [0.3, 0.4) is 0 Å². The number of methoxy groups -OCH3 is 1. The quantitative estimate of drug-likeness (QED) is 0.306. The second-order valence-electron chi connectivity index (χ2n) is 6.54. The Morgan fingerprint density at radius 2 is 1.61 bits per heavy atom. The van der Waals surface area contributed by atoms with Gasteiger partial charge in [-0.1, -0.05) is 36.4 Å². The SMILES string of the molecule is COC(=O)c1cnc2ccc(N(Sc3ccccc3)S(=O)(=O)c3ccccc3)cc2c1. The number of ether oxygens (including phenoxy) is 1. The molecule has 0 fully saturated rings. The van der Waals surface area contributed by atoms with Gasteiger partial charge in [0.15, 0.2) is 0 Å². The van der Waals surface area contributed by atoms with Crippen molar-refractivity contribution in [3.63, 3.8) is 0 Å². The van der Waals surface area contributed by atoms with Gasteiger partial charge in [0.05, 0.1) is 28.8 Å². The Morgan fingerprint density at radius 3 is 2.29 bits per heavy atom. The van der Waals surface area contributed by atoms with Crippen molar-refractivity contribution < 1.29 is 17.9 Å². The molecule has 0 saturated carbocycles. The van der Waals surface area contributed by atoms with Crippen LogP contribution < -0.4 is 3.71 Å². The second kappa shape index (κ2) is 8.79. The van der Waals surface area contributed by atoms with E-state index in [1.807, 2.05) is 30.3 Å². The van der Waals surface area contributed by atoms with Crippen LogP contribution in [-0.2, 0) is 14.8 Å². The van der Waals surface area contributed by atoms with E-state index in [-0.39, 0.29) is 4.90 Å². The van der Waals surface area contributed by atoms with E-state index in [2.05, 4.69) is 4.98 Å². The summed E-state index contributed by atoms with van der Waals surface area (Å²) in [7, 11) is -2.57. The van der Waals surface area contributed by atoms with Gasteiger partial charge in [0, 0.05) is 28.4 Å². The van der Waals surface area contributed by atoms with E-state index in [0.717, 1.165) is 16.8 Å². The molecular formula is C23H18N2O4S2. The van der Waals surface area contributed by atoms with Crippen molar-refractivity contribution in [2.24, 2.45) is 0 Å². The lowest BCUT2D eigenvalue weighted by molar-refractivity contribution is 0.0600. The highest BCUT2D eigenvalue weighted by atomic mass is 32.3. The molecule has 0 spiro atoms. The fourth-order valence-electron chi connectivity index (χ4n) is 2.97. The fourth-order valence-corrected chi connectivity index (χ4v) is 5.65. The van der Waals surface area contributed by atoms with Crippen LogP contribution in [0.15, 0.2) is 101 Å². The van der Waals surface area contributed by atoms with E-state index in [1.54, 1.807) is 54.6 Å². The standard InChI is InChI=1S/C23H18N2O4S2/c1-29-23(26)18-14-17-15-19(12-13-22(17)24-16-18)25(30-20-8-4-2-5-9-20)31(27,28)21-10-6-3-7-11-21/h2-16H,1H3. The van der Waals surface area contributed by atoms with Gasteiger partial charge in [-0.15, -0.1) is 0 Å². The lowest BCUT2D eigenvalue weighted by Gasteiger charge is -2.23. The van der Waals surface area contributed by atoms with E-state index in [9.17, 15) is 13.2 Å². The summed E-state index contributed by atoms with van der Waals surface area (Å²) >= 11 is 1.10. The maximum atomic E-state index is 13.5. The van der Waals surface area contributed by atoms with Gasteiger partial charge >= 0.3 is 5.97 Å².